The van der Waals surface area contributed by atoms with Crippen molar-refractivity contribution in [3.8, 4) is 22.6 Å². The van der Waals surface area contributed by atoms with Gasteiger partial charge in [0.05, 0.1) is 11.9 Å². The molecule has 2 aromatic heterocycles. The summed E-state index contributed by atoms with van der Waals surface area (Å²) < 4.78 is 20.7. The maximum atomic E-state index is 13.3. The summed E-state index contributed by atoms with van der Waals surface area (Å²) in [5.41, 5.74) is 1.71. The van der Waals surface area contributed by atoms with Crippen molar-refractivity contribution in [2.45, 2.75) is 37.9 Å². The highest BCUT2D eigenvalue weighted by Gasteiger charge is 2.43. The van der Waals surface area contributed by atoms with E-state index in [1.54, 1.807) is 0 Å². The van der Waals surface area contributed by atoms with Crippen LogP contribution >= 0.6 is 0 Å². The molecule has 214 valence electrons. The summed E-state index contributed by atoms with van der Waals surface area (Å²) in [7, 11) is 0. The maximum Gasteiger partial charge on any atom is 0.255 e. The van der Waals surface area contributed by atoms with Crippen molar-refractivity contribution in [2.24, 2.45) is 0 Å². The molecule has 3 heterocycles. The number of aromatic hydroxyl groups is 2. The smallest absolute Gasteiger partial charge is 0.255 e. The highest BCUT2D eigenvalue weighted by molar-refractivity contribution is 5.99. The Balaban J connectivity index is 1.25. The summed E-state index contributed by atoms with van der Waals surface area (Å²) in [6, 6.07) is 8.13. The van der Waals surface area contributed by atoms with Gasteiger partial charge in [-0.3, -0.25) is 9.36 Å². The number of aromatic nitrogens is 4. The van der Waals surface area contributed by atoms with E-state index in [2.05, 4.69) is 25.6 Å². The van der Waals surface area contributed by atoms with Crippen LogP contribution in [0.4, 0.5) is 10.2 Å². The molecule has 1 amide bonds. The summed E-state index contributed by atoms with van der Waals surface area (Å²) in [5, 5.41) is 47.4. The van der Waals surface area contributed by atoms with Crippen LogP contribution in [-0.4, -0.2) is 77.3 Å². The van der Waals surface area contributed by atoms with Gasteiger partial charge in [-0.2, -0.15) is 0 Å². The number of phenols is 2. The van der Waals surface area contributed by atoms with Gasteiger partial charge in [-0.05, 0) is 41.8 Å². The predicted molar refractivity (Wildman–Crippen MR) is 147 cm³/mol. The number of rotatable bonds is 9. The van der Waals surface area contributed by atoms with Crippen molar-refractivity contribution in [2.75, 3.05) is 18.4 Å². The number of halogens is 1. The fourth-order valence-corrected chi connectivity index (χ4v) is 4.54. The normalized spacial score (nSPS) is 20.6. The number of anilines is 1. The van der Waals surface area contributed by atoms with E-state index in [-0.39, 0.29) is 12.1 Å². The van der Waals surface area contributed by atoms with Crippen LogP contribution in [0.2, 0.25) is 0 Å². The van der Waals surface area contributed by atoms with Crippen LogP contribution in [0, 0.1) is 5.82 Å². The Labute approximate surface area is 233 Å². The van der Waals surface area contributed by atoms with Gasteiger partial charge < -0.3 is 35.8 Å². The number of aliphatic hydroxyl groups excluding tert-OH is 2. The van der Waals surface area contributed by atoms with E-state index in [0.29, 0.717) is 34.7 Å². The molecule has 1 aliphatic heterocycles. The molecule has 0 unspecified atom stereocenters. The van der Waals surface area contributed by atoms with Crippen LogP contribution in [0.3, 0.4) is 0 Å². The number of nitrogens with zero attached hydrogens (tertiary/aromatic N) is 4. The minimum absolute atomic E-state index is 0.0131. The SMILES string of the molecule is CCCNc1ncnc2c1ncn2[C@@H]1O[C@H](/C=C/CNC(=O)c2cc(-c3ccc(F)cc3)cc(O)c2O)[C@@H](O)[C@H]1O. The monoisotopic (exact) mass is 564 g/mol. The molecule has 13 heteroatoms. The molecular weight excluding hydrogens is 535 g/mol. The molecule has 0 radical (unpaired) electrons. The second kappa shape index (κ2) is 11.9. The summed E-state index contributed by atoms with van der Waals surface area (Å²) in [6.45, 7) is 2.71. The first-order valence-corrected chi connectivity index (χ1v) is 13.0. The Morgan fingerprint density at radius 2 is 1.88 bits per heavy atom. The molecule has 41 heavy (non-hydrogen) atoms. The number of carbonyl (C=O) groups is 1. The van der Waals surface area contributed by atoms with Crippen molar-refractivity contribution in [1.82, 2.24) is 24.8 Å². The van der Waals surface area contributed by atoms with Crippen LogP contribution in [0.5, 0.6) is 11.5 Å². The lowest BCUT2D eigenvalue weighted by Crippen LogP contribution is -2.31. The minimum Gasteiger partial charge on any atom is -0.504 e. The van der Waals surface area contributed by atoms with E-state index in [1.165, 1.54) is 65.8 Å². The van der Waals surface area contributed by atoms with E-state index in [9.17, 15) is 29.6 Å². The van der Waals surface area contributed by atoms with E-state index < -0.39 is 47.8 Å². The Bertz CT molecular complexity index is 1580. The minimum atomic E-state index is -1.28. The third-order valence-electron chi connectivity index (χ3n) is 6.67. The Kier molecular flexibility index (Phi) is 8.10. The summed E-state index contributed by atoms with van der Waals surface area (Å²) in [4.78, 5) is 25.6. The fraction of sp³-hybridized carbons (Fsp3) is 0.286. The van der Waals surface area contributed by atoms with Crippen LogP contribution in [0.25, 0.3) is 22.3 Å². The first kappa shape index (κ1) is 28.0. The molecule has 0 saturated carbocycles. The molecule has 4 atom stereocenters. The van der Waals surface area contributed by atoms with Gasteiger partial charge in [0, 0.05) is 13.1 Å². The largest absolute Gasteiger partial charge is 0.504 e. The molecule has 1 saturated heterocycles. The van der Waals surface area contributed by atoms with Crippen molar-refractivity contribution in [3.05, 3.63) is 72.6 Å². The average Bonchev–Trinajstić information content (AvgIpc) is 3.52. The van der Waals surface area contributed by atoms with Crippen LogP contribution in [0.15, 0.2) is 61.2 Å². The molecule has 6 N–H and O–H groups in total. The van der Waals surface area contributed by atoms with E-state index in [1.807, 2.05) is 6.92 Å². The standard InChI is InChI=1S/C28H29FN6O6/c1-2-9-30-25-21-26(33-13-32-25)35(14-34-21)28-24(39)23(38)20(41-28)4-3-10-31-27(40)18-11-16(12-19(36)22(18)37)15-5-7-17(29)8-6-15/h3-8,11-14,20,23-24,28,36-39H,2,9-10H2,1H3,(H,31,40)(H,30,32,33)/b4-3+/t20-,23-,24-,28-/m1/s1. The predicted octanol–water partition coefficient (Wildman–Crippen LogP) is 2.47. The van der Waals surface area contributed by atoms with Gasteiger partial charge in [0.25, 0.3) is 5.91 Å². The Hall–Kier alpha value is -4.59. The summed E-state index contributed by atoms with van der Waals surface area (Å²) in [6.07, 6.45) is 2.35. The van der Waals surface area contributed by atoms with E-state index in [4.69, 9.17) is 4.74 Å². The second-order valence-corrected chi connectivity index (χ2v) is 9.48. The quantitative estimate of drug-likeness (QED) is 0.131. The molecule has 4 aromatic rings. The van der Waals surface area contributed by atoms with Crippen molar-refractivity contribution in [1.29, 1.82) is 0 Å². The molecule has 0 aliphatic carbocycles. The number of carbonyl (C=O) groups excluding carboxylic acids is 1. The summed E-state index contributed by atoms with van der Waals surface area (Å²) in [5.74, 6) is -1.64. The average molecular weight is 565 g/mol. The lowest BCUT2D eigenvalue weighted by Gasteiger charge is -2.16. The molecule has 0 bridgehead atoms. The van der Waals surface area contributed by atoms with Gasteiger partial charge >= 0.3 is 0 Å². The molecule has 5 rings (SSSR count). The highest BCUT2D eigenvalue weighted by Crippen LogP contribution is 2.35. The first-order chi connectivity index (χ1) is 19.8. The molecule has 1 fully saturated rings. The lowest BCUT2D eigenvalue weighted by molar-refractivity contribution is -0.0245. The zero-order chi connectivity index (χ0) is 29.1. The molecule has 0 spiro atoms. The summed E-state index contributed by atoms with van der Waals surface area (Å²) >= 11 is 0. The number of hydrogen-bond donors (Lipinski definition) is 6. The topological polar surface area (TPSA) is 175 Å². The zero-order valence-electron chi connectivity index (χ0n) is 22.0. The molecule has 12 nitrogen and oxygen atoms in total. The first-order valence-electron chi connectivity index (χ1n) is 13.0. The molecular formula is C28H29FN6O6. The van der Waals surface area contributed by atoms with Crippen LogP contribution in [0.1, 0.15) is 29.9 Å². The molecule has 2 aromatic carbocycles. The fourth-order valence-electron chi connectivity index (χ4n) is 4.54. The number of imidazole rings is 1. The van der Waals surface area contributed by atoms with Gasteiger partial charge in [-0.25, -0.2) is 19.3 Å². The number of phenolic OH excluding ortho intramolecular Hbond substituents is 2. The van der Waals surface area contributed by atoms with E-state index in [0.717, 1.165) is 6.42 Å². The number of nitrogens with one attached hydrogen (secondary N) is 2. The third kappa shape index (κ3) is 5.68. The zero-order valence-corrected chi connectivity index (χ0v) is 22.0. The Morgan fingerprint density at radius 3 is 2.63 bits per heavy atom. The number of amides is 1. The van der Waals surface area contributed by atoms with Gasteiger partial charge in [0.1, 0.15) is 30.5 Å². The Morgan fingerprint density at radius 1 is 1.10 bits per heavy atom. The van der Waals surface area contributed by atoms with Crippen LogP contribution < -0.4 is 10.6 Å². The van der Waals surface area contributed by atoms with Crippen molar-refractivity contribution < 1.29 is 34.3 Å². The third-order valence-corrected chi connectivity index (χ3v) is 6.67. The maximum absolute atomic E-state index is 13.3. The number of ether oxygens (including phenoxy) is 1. The number of fused-ring (bicyclic) bond motifs is 1. The van der Waals surface area contributed by atoms with E-state index >= 15 is 0 Å². The lowest BCUT2D eigenvalue weighted by atomic mass is 10.0. The van der Waals surface area contributed by atoms with Gasteiger partial charge in [-0.1, -0.05) is 31.2 Å². The number of benzene rings is 2. The van der Waals surface area contributed by atoms with Gasteiger partial charge in [0.2, 0.25) is 0 Å². The van der Waals surface area contributed by atoms with Gasteiger partial charge in [0.15, 0.2) is 34.7 Å². The number of hydrogen-bond acceptors (Lipinski definition) is 10. The number of aliphatic hydroxyl groups is 2. The van der Waals surface area contributed by atoms with Crippen LogP contribution in [-0.2, 0) is 4.74 Å². The molecule has 1 aliphatic rings. The van der Waals surface area contributed by atoms with Crippen molar-refractivity contribution >= 4 is 22.9 Å². The van der Waals surface area contributed by atoms with Gasteiger partial charge in [-0.15, -0.1) is 0 Å². The van der Waals surface area contributed by atoms with Crippen molar-refractivity contribution in [3.63, 3.8) is 0 Å². The second-order valence-electron chi connectivity index (χ2n) is 9.48. The highest BCUT2D eigenvalue weighted by atomic mass is 19.1.